The van der Waals surface area contributed by atoms with Gasteiger partial charge in [0.2, 0.25) is 0 Å². The van der Waals surface area contributed by atoms with Crippen LogP contribution < -0.4 is 4.74 Å². The number of rotatable bonds is 0. The van der Waals surface area contributed by atoms with Gasteiger partial charge in [-0.15, -0.1) is 0 Å². The molecule has 48 heavy (non-hydrogen) atoms. The van der Waals surface area contributed by atoms with Gasteiger partial charge < -0.3 is 20.1 Å². The van der Waals surface area contributed by atoms with Crippen LogP contribution in [0.25, 0.3) is 0 Å². The van der Waals surface area contributed by atoms with E-state index < -0.39 is 0 Å². The maximum Gasteiger partial charge on any atom is 0.183 e. The minimum Gasteiger partial charge on any atom is -0.506 e. The Kier molecular flexibility index (Phi) is 8.24. The summed E-state index contributed by atoms with van der Waals surface area (Å²) in [7, 11) is 0. The van der Waals surface area contributed by atoms with Crippen LogP contribution in [0.15, 0.2) is 62.0 Å². The van der Waals surface area contributed by atoms with E-state index in [9.17, 15) is 15.3 Å². The van der Waals surface area contributed by atoms with E-state index in [-0.39, 0.29) is 38.9 Å². The summed E-state index contributed by atoms with van der Waals surface area (Å²) in [5.74, 6) is 1.66. The van der Waals surface area contributed by atoms with Gasteiger partial charge in [-0.2, -0.15) is 0 Å². The van der Waals surface area contributed by atoms with Crippen LogP contribution in [0.2, 0.25) is 0 Å². The second-order valence-corrected chi connectivity index (χ2v) is 19.8. The van der Waals surface area contributed by atoms with Crippen molar-refractivity contribution in [3.05, 3.63) is 87.0 Å². The number of phenolic OH excluding ortho intramolecular Hbond substituents is 3. The zero-order valence-corrected chi connectivity index (χ0v) is 32.2. The quantitative estimate of drug-likeness (QED) is 0.148. The Labute approximate surface area is 295 Å². The van der Waals surface area contributed by atoms with Crippen LogP contribution in [0.3, 0.4) is 0 Å². The van der Waals surface area contributed by atoms with E-state index >= 15 is 0 Å². The first-order chi connectivity index (χ1) is 22.0. The van der Waals surface area contributed by atoms with Crippen LogP contribution in [-0.4, -0.2) is 15.3 Å². The van der Waals surface area contributed by atoms with Crippen molar-refractivity contribution in [1.29, 1.82) is 0 Å². The highest BCUT2D eigenvalue weighted by Crippen LogP contribution is 2.58. The molecule has 4 nitrogen and oxygen atoms in total. The monoisotopic (exact) mass is 682 g/mol. The Bertz CT molecular complexity index is 1960. The molecule has 4 aromatic carbocycles. The molecule has 3 N–H and O–H groups in total. The summed E-state index contributed by atoms with van der Waals surface area (Å²) in [4.78, 5) is 3.31. The van der Waals surface area contributed by atoms with Crippen molar-refractivity contribution >= 4 is 23.5 Å². The van der Waals surface area contributed by atoms with E-state index in [0.29, 0.717) is 33.9 Å². The van der Waals surface area contributed by atoms with Gasteiger partial charge in [0.25, 0.3) is 0 Å². The fraction of sp³-hybridized carbons (Fsp3) is 0.429. The van der Waals surface area contributed by atoms with Crippen molar-refractivity contribution in [1.82, 2.24) is 0 Å². The standard InChI is InChI=1S/C42H50O4S2/c1-39(2,3)26-15-22-13-24-18-29(42(10,11)12)38-37(35(24)45)46-36-25(17-28(41(7,8)9)21-32(36)48-38)14-23-16-27(40(4,5)6)20-31(34(23)44)47-30(19-26)33(22)43/h15-21,43-45H,13-14H2,1-12H3. The highest BCUT2D eigenvalue weighted by atomic mass is 32.2. The summed E-state index contributed by atoms with van der Waals surface area (Å²) in [5.41, 5.74) is 6.91. The van der Waals surface area contributed by atoms with Crippen molar-refractivity contribution in [3.8, 4) is 28.7 Å². The lowest BCUT2D eigenvalue weighted by Gasteiger charge is -2.32. The summed E-state index contributed by atoms with van der Waals surface area (Å²) >= 11 is 3.06. The van der Waals surface area contributed by atoms with Crippen LogP contribution in [0, 0.1) is 0 Å². The summed E-state index contributed by atoms with van der Waals surface area (Å²) in [6, 6.07) is 14.8. The van der Waals surface area contributed by atoms with E-state index in [1.807, 2.05) is 6.07 Å². The zero-order valence-electron chi connectivity index (χ0n) is 30.5. The Morgan fingerprint density at radius 2 is 0.875 bits per heavy atom. The average molecular weight is 683 g/mol. The lowest BCUT2D eigenvalue weighted by molar-refractivity contribution is 0.384. The number of hydrogen-bond acceptors (Lipinski definition) is 6. The molecular weight excluding hydrogens is 633 g/mol. The smallest absolute Gasteiger partial charge is 0.183 e. The number of fused-ring (bicyclic) bond motifs is 5. The molecule has 0 aromatic heterocycles. The fourth-order valence-electron chi connectivity index (χ4n) is 6.35. The first kappa shape index (κ1) is 34.6. The molecule has 0 radical (unpaired) electrons. The van der Waals surface area contributed by atoms with Crippen molar-refractivity contribution < 1.29 is 20.1 Å². The molecule has 0 atom stereocenters. The largest absolute Gasteiger partial charge is 0.506 e. The van der Waals surface area contributed by atoms with Crippen LogP contribution in [0.4, 0.5) is 0 Å². The number of phenols is 3. The first-order valence-corrected chi connectivity index (χ1v) is 18.5. The molecule has 2 aliphatic heterocycles. The van der Waals surface area contributed by atoms with Crippen LogP contribution in [-0.2, 0) is 34.5 Å². The third kappa shape index (κ3) is 6.31. The van der Waals surface area contributed by atoms with E-state index in [2.05, 4.69) is 119 Å². The maximum absolute atomic E-state index is 12.0. The van der Waals surface area contributed by atoms with Gasteiger partial charge in [0.1, 0.15) is 17.2 Å². The highest BCUT2D eigenvalue weighted by molar-refractivity contribution is 8.00. The summed E-state index contributed by atoms with van der Waals surface area (Å²) in [5, 5.41) is 35.9. The molecule has 0 saturated heterocycles. The van der Waals surface area contributed by atoms with Crippen LogP contribution in [0.5, 0.6) is 28.7 Å². The normalized spacial score (nSPS) is 14.8. The molecular formula is C42H50O4S2. The molecule has 2 heterocycles. The van der Waals surface area contributed by atoms with Gasteiger partial charge in [-0.25, -0.2) is 0 Å². The molecule has 254 valence electrons. The van der Waals surface area contributed by atoms with Gasteiger partial charge in [0, 0.05) is 24.0 Å². The molecule has 0 fully saturated rings. The number of ether oxygens (including phenoxy) is 1. The fourth-order valence-corrected chi connectivity index (χ4v) is 8.79. The van der Waals surface area contributed by atoms with E-state index in [1.54, 1.807) is 11.8 Å². The van der Waals surface area contributed by atoms with Crippen molar-refractivity contribution in [2.75, 3.05) is 0 Å². The predicted octanol–water partition coefficient (Wildman–Crippen LogP) is 11.9. The van der Waals surface area contributed by atoms with Gasteiger partial charge in [-0.05, 0) is 79.3 Å². The number of benzene rings is 4. The number of aromatic hydroxyl groups is 3. The molecule has 0 saturated carbocycles. The average Bonchev–Trinajstić information content (AvgIpc) is 2.94. The number of hydrogen-bond donors (Lipinski definition) is 3. The van der Waals surface area contributed by atoms with Gasteiger partial charge in [0.15, 0.2) is 11.5 Å². The van der Waals surface area contributed by atoms with Gasteiger partial charge in [-0.1, -0.05) is 125 Å². The van der Waals surface area contributed by atoms with Gasteiger partial charge >= 0.3 is 0 Å². The Balaban J connectivity index is 1.73. The third-order valence-corrected chi connectivity index (χ3v) is 11.7. The Morgan fingerprint density at radius 1 is 0.458 bits per heavy atom. The van der Waals surface area contributed by atoms with E-state index in [1.165, 1.54) is 17.3 Å². The predicted molar refractivity (Wildman–Crippen MR) is 199 cm³/mol. The summed E-state index contributed by atoms with van der Waals surface area (Å²) in [6.45, 7) is 26.2. The highest BCUT2D eigenvalue weighted by Gasteiger charge is 2.34. The molecule has 2 aliphatic rings. The summed E-state index contributed by atoms with van der Waals surface area (Å²) in [6.07, 6.45) is 0.763. The molecule has 6 rings (SSSR count). The lowest BCUT2D eigenvalue weighted by Crippen LogP contribution is -2.17. The maximum atomic E-state index is 12.0. The molecule has 6 heteroatoms. The van der Waals surface area contributed by atoms with Crippen LogP contribution >= 0.6 is 23.5 Å². The van der Waals surface area contributed by atoms with Gasteiger partial charge in [-0.3, -0.25) is 0 Å². The van der Waals surface area contributed by atoms with Gasteiger partial charge in [0.05, 0.1) is 19.6 Å². The van der Waals surface area contributed by atoms with Crippen molar-refractivity contribution in [2.24, 2.45) is 0 Å². The van der Waals surface area contributed by atoms with Crippen molar-refractivity contribution in [3.63, 3.8) is 0 Å². The Morgan fingerprint density at radius 3 is 1.33 bits per heavy atom. The summed E-state index contributed by atoms with van der Waals surface area (Å²) < 4.78 is 6.86. The second-order valence-electron chi connectivity index (χ2n) is 17.7. The molecule has 0 aliphatic carbocycles. The molecule has 0 unspecified atom stereocenters. The third-order valence-electron chi connectivity index (χ3n) is 9.53. The molecule has 0 amide bonds. The SMILES string of the molecule is CC(C)(C)c1cc2c(O)c(c1)Sc1cc(C(C)(C)C)cc(c1O)Cc1cc(C(C)(C)C)cc3c1Oc1c(O)c(cc(C(C)(C)C)c1S3)C2. The molecule has 4 aromatic rings. The lowest BCUT2D eigenvalue weighted by atomic mass is 9.83. The van der Waals surface area contributed by atoms with Crippen LogP contribution in [0.1, 0.15) is 128 Å². The molecule has 7 bridgehead atoms. The van der Waals surface area contributed by atoms with Crippen molar-refractivity contribution in [2.45, 2.75) is 137 Å². The van der Waals surface area contributed by atoms with E-state index in [0.717, 1.165) is 48.9 Å². The minimum atomic E-state index is -0.238. The Hall–Kier alpha value is -3.22. The zero-order chi connectivity index (χ0) is 35.3. The first-order valence-electron chi connectivity index (χ1n) is 16.9. The second kappa shape index (κ2) is 11.4. The minimum absolute atomic E-state index is 0.102. The molecule has 0 spiro atoms. The van der Waals surface area contributed by atoms with E-state index in [4.69, 9.17) is 4.74 Å². The topological polar surface area (TPSA) is 69.9 Å².